The summed E-state index contributed by atoms with van der Waals surface area (Å²) in [5, 5.41) is 7.79. The third-order valence-electron chi connectivity index (χ3n) is 9.24. The van der Waals surface area contributed by atoms with E-state index in [0.717, 1.165) is 69.3 Å². The van der Waals surface area contributed by atoms with E-state index in [2.05, 4.69) is 102 Å². The summed E-state index contributed by atoms with van der Waals surface area (Å²) in [4.78, 5) is -0.155. The molecule has 3 N–H and O–H groups in total. The van der Waals surface area contributed by atoms with Crippen LogP contribution in [0.4, 0.5) is 11.4 Å². The molecule has 1 aromatic heterocycles. The fourth-order valence-electron chi connectivity index (χ4n) is 6.70. The normalized spacial score (nSPS) is 14.8. The van der Waals surface area contributed by atoms with Crippen LogP contribution in [0.15, 0.2) is 149 Å². The minimum Gasteiger partial charge on any atom is -0.358 e. The van der Waals surface area contributed by atoms with E-state index in [-0.39, 0.29) is 4.90 Å². The van der Waals surface area contributed by atoms with Crippen LogP contribution in [0, 0.1) is 23.7 Å². The number of hydrogen-bond acceptors (Lipinski definition) is 4. The third kappa shape index (κ3) is 7.94. The number of hydrogen-bond donors (Lipinski definition) is 3. The minimum atomic E-state index is -4.46. The Hall–Kier alpha value is -5.68. The molecule has 0 amide bonds. The molecule has 0 bridgehead atoms. The van der Waals surface area contributed by atoms with Gasteiger partial charge in [0, 0.05) is 30.4 Å². The summed E-state index contributed by atoms with van der Waals surface area (Å²) in [6.45, 7) is 8.39. The first-order chi connectivity index (χ1) is 25.1. The number of anilines is 2. The van der Waals surface area contributed by atoms with Crippen molar-refractivity contribution < 1.29 is 13.0 Å². The molecule has 1 atom stereocenters. The summed E-state index contributed by atoms with van der Waals surface area (Å²) in [6, 6.07) is 31.5. The quantitative estimate of drug-likeness (QED) is 0.0583. The lowest BCUT2D eigenvalue weighted by Gasteiger charge is -2.22. The van der Waals surface area contributed by atoms with Crippen molar-refractivity contribution in [2.45, 2.75) is 45.4 Å². The highest BCUT2D eigenvalue weighted by Gasteiger charge is 2.33. The van der Waals surface area contributed by atoms with Crippen molar-refractivity contribution >= 4 is 32.4 Å². The average Bonchev–Trinajstić information content (AvgIpc) is 3.43. The van der Waals surface area contributed by atoms with E-state index in [1.54, 1.807) is 12.1 Å². The first-order valence-corrected chi connectivity index (χ1v) is 19.0. The summed E-state index contributed by atoms with van der Waals surface area (Å²) in [6.07, 6.45) is 12.0. The molecule has 0 saturated carbocycles. The molecule has 6 nitrogen and oxygen atoms in total. The van der Waals surface area contributed by atoms with Crippen molar-refractivity contribution in [3.8, 4) is 23.1 Å². The molecule has 0 radical (unpaired) electrons. The summed E-state index contributed by atoms with van der Waals surface area (Å²) in [7, 11) is -2.47. The number of rotatable bonds is 10. The van der Waals surface area contributed by atoms with E-state index in [1.165, 1.54) is 17.3 Å². The van der Waals surface area contributed by atoms with Gasteiger partial charge in [0.1, 0.15) is 10.6 Å². The lowest BCUT2D eigenvalue weighted by molar-refractivity contribution is 0.483. The van der Waals surface area contributed by atoms with E-state index in [4.69, 9.17) is 0 Å². The Balaban J connectivity index is 1.53. The molecule has 1 aliphatic carbocycles. The van der Waals surface area contributed by atoms with Gasteiger partial charge in [-0.25, -0.2) is 0 Å². The number of benzene rings is 4. The van der Waals surface area contributed by atoms with E-state index in [9.17, 15) is 13.0 Å². The Bertz CT molecular complexity index is 2370. The van der Waals surface area contributed by atoms with Gasteiger partial charge in [0.25, 0.3) is 10.1 Å². The third-order valence-corrected chi connectivity index (χ3v) is 10.1. The van der Waals surface area contributed by atoms with Gasteiger partial charge in [-0.3, -0.25) is 4.55 Å². The number of fused-ring (bicyclic) bond motifs is 1. The van der Waals surface area contributed by atoms with Gasteiger partial charge in [-0.1, -0.05) is 61.8 Å². The number of nitrogens with zero attached hydrogens (tertiary/aromatic N) is 1. The molecular weight excluding hydrogens is 663 g/mol. The monoisotopic (exact) mass is 706 g/mol. The van der Waals surface area contributed by atoms with Crippen molar-refractivity contribution in [2.75, 3.05) is 10.6 Å². The second-order valence-electron chi connectivity index (χ2n) is 13.1. The molecule has 4 aromatic carbocycles. The maximum absolute atomic E-state index is 12.5. The Morgan fingerprint density at radius 1 is 0.962 bits per heavy atom. The van der Waals surface area contributed by atoms with Gasteiger partial charge in [-0.15, -0.1) is 0 Å². The van der Waals surface area contributed by atoms with Crippen LogP contribution in [0.1, 0.15) is 57.2 Å². The fourth-order valence-corrected chi connectivity index (χ4v) is 7.21. The maximum Gasteiger partial charge on any atom is 0.295 e. The van der Waals surface area contributed by atoms with E-state index >= 15 is 0 Å². The fraction of sp³-hybridized carbons (Fsp3) is 0.178. The molecule has 0 spiro atoms. The highest BCUT2D eigenvalue weighted by molar-refractivity contribution is 7.85. The summed E-state index contributed by atoms with van der Waals surface area (Å²) in [5.41, 5.74) is 10.7. The van der Waals surface area contributed by atoms with Crippen LogP contribution in [-0.2, 0) is 17.2 Å². The Morgan fingerprint density at radius 3 is 2.25 bits per heavy atom. The van der Waals surface area contributed by atoms with Gasteiger partial charge in [0.15, 0.2) is 0 Å². The summed E-state index contributed by atoms with van der Waals surface area (Å²) >= 11 is 0. The van der Waals surface area contributed by atoms with Crippen molar-refractivity contribution in [1.29, 1.82) is 0 Å². The second-order valence-corrected chi connectivity index (χ2v) is 14.5. The van der Waals surface area contributed by atoms with Crippen LogP contribution in [0.5, 0.6) is 0 Å². The molecule has 0 fully saturated rings. The zero-order valence-electron chi connectivity index (χ0n) is 30.2. The maximum atomic E-state index is 12.5. The summed E-state index contributed by atoms with van der Waals surface area (Å²) < 4.78 is 37.1. The van der Waals surface area contributed by atoms with Crippen molar-refractivity contribution in [1.82, 2.24) is 4.57 Å². The van der Waals surface area contributed by atoms with E-state index in [0.29, 0.717) is 11.3 Å². The molecule has 0 saturated heterocycles. The smallest absolute Gasteiger partial charge is 0.295 e. The number of nitrogens with one attached hydrogen (secondary N) is 2. The SMILES string of the molecule is C/C=C\C=C(/C#CCC)Nc1ccc([C+](c2ccc(NC3=CC=C(C)CC3C)cc2)c2c(-c3ccccc3)n(C)c3ccc(S(=O)(=O)O)cc23)cc1. The molecule has 0 aliphatic heterocycles. The van der Waals surface area contributed by atoms with Gasteiger partial charge in [-0.2, -0.15) is 8.42 Å². The summed E-state index contributed by atoms with van der Waals surface area (Å²) in [5.74, 6) is 7.67. The average molecular weight is 707 g/mol. The molecule has 7 heteroatoms. The predicted octanol–water partition coefficient (Wildman–Crippen LogP) is 10.7. The van der Waals surface area contributed by atoms with Crippen LogP contribution >= 0.6 is 0 Å². The molecular formula is C45H44N3O3S+. The number of aromatic nitrogens is 1. The van der Waals surface area contributed by atoms with Crippen LogP contribution in [0.3, 0.4) is 0 Å². The molecule has 5 aromatic rings. The Morgan fingerprint density at radius 2 is 1.63 bits per heavy atom. The van der Waals surface area contributed by atoms with Gasteiger partial charge in [0.05, 0.1) is 44.9 Å². The lowest BCUT2D eigenvalue weighted by Crippen LogP contribution is -2.12. The van der Waals surface area contributed by atoms with Gasteiger partial charge in [-0.05, 0) is 123 Å². The molecule has 262 valence electrons. The van der Waals surface area contributed by atoms with Gasteiger partial charge >= 0.3 is 0 Å². The Labute approximate surface area is 308 Å². The van der Waals surface area contributed by atoms with Gasteiger partial charge < -0.3 is 15.2 Å². The van der Waals surface area contributed by atoms with Crippen molar-refractivity contribution in [3.05, 3.63) is 167 Å². The highest BCUT2D eigenvalue weighted by Crippen LogP contribution is 2.44. The van der Waals surface area contributed by atoms with E-state index in [1.807, 2.05) is 69.5 Å². The zero-order valence-corrected chi connectivity index (χ0v) is 31.1. The van der Waals surface area contributed by atoms with Crippen LogP contribution in [-0.4, -0.2) is 17.5 Å². The zero-order chi connectivity index (χ0) is 36.8. The molecule has 52 heavy (non-hydrogen) atoms. The van der Waals surface area contributed by atoms with Crippen LogP contribution < -0.4 is 10.6 Å². The molecule has 6 rings (SSSR count). The molecule has 1 unspecified atom stereocenters. The highest BCUT2D eigenvalue weighted by atomic mass is 32.2. The van der Waals surface area contributed by atoms with Crippen molar-refractivity contribution in [2.24, 2.45) is 13.0 Å². The van der Waals surface area contributed by atoms with Crippen LogP contribution in [0.25, 0.3) is 22.2 Å². The molecule has 1 heterocycles. The second kappa shape index (κ2) is 15.7. The topological polar surface area (TPSA) is 83.4 Å². The van der Waals surface area contributed by atoms with Crippen LogP contribution in [0.2, 0.25) is 0 Å². The molecule has 1 aliphatic rings. The van der Waals surface area contributed by atoms with Gasteiger partial charge in [0.2, 0.25) is 0 Å². The lowest BCUT2D eigenvalue weighted by atomic mass is 9.82. The number of allylic oxidation sites excluding steroid dienone is 8. The predicted molar refractivity (Wildman–Crippen MR) is 215 cm³/mol. The van der Waals surface area contributed by atoms with E-state index < -0.39 is 10.1 Å². The number of aryl methyl sites for hydroxylation is 1. The minimum absolute atomic E-state index is 0.155. The van der Waals surface area contributed by atoms with Crippen molar-refractivity contribution in [3.63, 3.8) is 0 Å². The largest absolute Gasteiger partial charge is 0.358 e. The Kier molecular flexibility index (Phi) is 10.9. The first kappa shape index (κ1) is 36.1. The first-order valence-electron chi connectivity index (χ1n) is 17.5. The standard InChI is InChI=1S/C45H43N3O3S/c1-6-8-15-36(16-9-7-2)46-37-22-18-33(19-23-37)43(34-20-24-38(25-21-34)47-41-27-17-31(3)29-32(41)4)44-40-30-39(52(49,50)51)26-28-42(40)48(5)45(44)35-13-11-10-12-14-35/h6,8,10-15,17-28,30,32,46-47H,7,29H2,1-5H3/p+1/b8-6-,36-15+.